The van der Waals surface area contributed by atoms with Crippen LogP contribution in [0.1, 0.15) is 13.8 Å². The van der Waals surface area contributed by atoms with Gasteiger partial charge in [0.2, 0.25) is 11.9 Å². The number of para-hydroxylation sites is 1. The molecule has 2 aromatic carbocycles. The average molecular weight is 493 g/mol. The fraction of sp³-hybridized carbons (Fsp3) is 0.238. The Hall–Kier alpha value is -3.97. The number of anilines is 1. The number of benzene rings is 2. The van der Waals surface area contributed by atoms with Crippen molar-refractivity contribution >= 4 is 45.4 Å². The van der Waals surface area contributed by atoms with Gasteiger partial charge in [0, 0.05) is 13.5 Å². The van der Waals surface area contributed by atoms with Crippen LogP contribution in [0.5, 0.6) is 5.75 Å². The average Bonchev–Trinajstić information content (AvgIpc) is 2.78. The van der Waals surface area contributed by atoms with E-state index in [4.69, 9.17) is 8.92 Å². The molecule has 12 nitrogen and oxygen atoms in total. The summed E-state index contributed by atoms with van der Waals surface area (Å²) in [4.78, 5) is 39.3. The predicted molar refractivity (Wildman–Crippen MR) is 122 cm³/mol. The zero-order valence-electron chi connectivity index (χ0n) is 18.7. The first-order valence-electron chi connectivity index (χ1n) is 9.87. The van der Waals surface area contributed by atoms with Crippen LogP contribution in [0.4, 0.5) is 16.2 Å². The Labute approximate surface area is 196 Å². The lowest BCUT2D eigenvalue weighted by molar-refractivity contribution is -0.124. The van der Waals surface area contributed by atoms with E-state index in [1.165, 1.54) is 31.2 Å². The summed E-state index contributed by atoms with van der Waals surface area (Å²) >= 11 is 0. The first-order valence-corrected chi connectivity index (χ1v) is 11.3. The van der Waals surface area contributed by atoms with Crippen LogP contribution < -0.4 is 20.1 Å². The number of carbonyl (C=O) groups is 3. The van der Waals surface area contributed by atoms with Gasteiger partial charge in [0.15, 0.2) is 0 Å². The Morgan fingerprint density at radius 2 is 1.74 bits per heavy atom. The standard InChI is InChI=1S/C21H24N4O8S/c1-4-32-13-19(27)24-20(25-21(28)31-3)23-17-11-10-16(12-18(17)22-14(2)26)34(29,30)33-15-8-6-5-7-9-15/h5-12H,4,13H2,1-3H3,(H,22,26)(H2,23,24,25,27,28). The van der Waals surface area contributed by atoms with Crippen molar-refractivity contribution in [3.8, 4) is 5.75 Å². The lowest BCUT2D eigenvalue weighted by Gasteiger charge is -2.13. The van der Waals surface area contributed by atoms with Gasteiger partial charge in [0.25, 0.3) is 5.91 Å². The largest absolute Gasteiger partial charge is 0.453 e. The highest BCUT2D eigenvalue weighted by atomic mass is 32.2. The number of hydrogen-bond acceptors (Lipinski definition) is 9. The highest BCUT2D eigenvalue weighted by Crippen LogP contribution is 2.29. The van der Waals surface area contributed by atoms with Crippen LogP contribution in [0, 0.1) is 0 Å². The van der Waals surface area contributed by atoms with Gasteiger partial charge >= 0.3 is 16.2 Å². The minimum atomic E-state index is -4.24. The first kappa shape index (κ1) is 26.3. The monoisotopic (exact) mass is 492 g/mol. The van der Waals surface area contributed by atoms with Gasteiger partial charge < -0.3 is 19.0 Å². The lowest BCUT2D eigenvalue weighted by atomic mass is 10.2. The molecule has 0 aliphatic heterocycles. The smallest absolute Gasteiger partial charge is 0.413 e. The highest BCUT2D eigenvalue weighted by molar-refractivity contribution is 7.87. The topological polar surface area (TPSA) is 161 Å². The summed E-state index contributed by atoms with van der Waals surface area (Å²) in [5.41, 5.74) is 0.00503. The van der Waals surface area contributed by atoms with Gasteiger partial charge in [-0.1, -0.05) is 18.2 Å². The molecule has 3 amide bonds. The molecule has 0 heterocycles. The highest BCUT2D eigenvalue weighted by Gasteiger charge is 2.20. The van der Waals surface area contributed by atoms with Crippen LogP contribution in [0.3, 0.4) is 0 Å². The maximum atomic E-state index is 12.7. The van der Waals surface area contributed by atoms with E-state index < -0.39 is 28.0 Å². The van der Waals surface area contributed by atoms with E-state index in [2.05, 4.69) is 25.7 Å². The van der Waals surface area contributed by atoms with E-state index in [0.29, 0.717) is 0 Å². The molecule has 182 valence electrons. The molecule has 0 fully saturated rings. The zero-order valence-corrected chi connectivity index (χ0v) is 19.5. The van der Waals surface area contributed by atoms with Crippen LogP contribution in [-0.2, 0) is 29.2 Å². The summed E-state index contributed by atoms with van der Waals surface area (Å²) < 4.78 is 40.0. The Balaban J connectivity index is 2.44. The Bertz CT molecular complexity index is 1170. The van der Waals surface area contributed by atoms with Crippen molar-refractivity contribution in [1.29, 1.82) is 0 Å². The molecule has 0 atom stereocenters. The molecule has 2 rings (SSSR count). The summed E-state index contributed by atoms with van der Waals surface area (Å²) in [6.45, 7) is 2.90. The van der Waals surface area contributed by atoms with Gasteiger partial charge in [-0.25, -0.2) is 9.79 Å². The van der Waals surface area contributed by atoms with Crippen LogP contribution in [-0.4, -0.2) is 52.6 Å². The van der Waals surface area contributed by atoms with E-state index in [-0.39, 0.29) is 41.2 Å². The number of amides is 3. The molecule has 0 aliphatic carbocycles. The van der Waals surface area contributed by atoms with Crippen LogP contribution in [0.25, 0.3) is 0 Å². The summed E-state index contributed by atoms with van der Waals surface area (Å²) in [6.07, 6.45) is -0.924. The lowest BCUT2D eigenvalue weighted by Crippen LogP contribution is -2.45. The number of nitrogens with one attached hydrogen (secondary N) is 3. The molecule has 34 heavy (non-hydrogen) atoms. The Morgan fingerprint density at radius 1 is 1.03 bits per heavy atom. The minimum Gasteiger partial charge on any atom is -0.453 e. The number of guanidine groups is 1. The molecule has 0 unspecified atom stereocenters. The minimum absolute atomic E-state index is 0.0199. The maximum Gasteiger partial charge on any atom is 0.413 e. The number of carbonyl (C=O) groups excluding carboxylic acids is 3. The second kappa shape index (κ2) is 12.3. The fourth-order valence-corrected chi connectivity index (χ4v) is 3.38. The number of rotatable bonds is 8. The number of alkyl carbamates (subject to hydrolysis) is 1. The molecular formula is C21H24N4O8S. The number of methoxy groups -OCH3 is 1. The van der Waals surface area contributed by atoms with E-state index in [9.17, 15) is 22.8 Å². The molecule has 0 radical (unpaired) electrons. The number of aliphatic imine (C=N–C) groups is 1. The quantitative estimate of drug-likeness (QED) is 0.286. The first-order chi connectivity index (χ1) is 16.1. The van der Waals surface area contributed by atoms with Gasteiger partial charge in [-0.15, -0.1) is 0 Å². The van der Waals surface area contributed by atoms with Crippen LogP contribution >= 0.6 is 0 Å². The summed E-state index contributed by atoms with van der Waals surface area (Å²) in [5, 5.41) is 7.03. The van der Waals surface area contributed by atoms with Crippen molar-refractivity contribution in [2.45, 2.75) is 18.7 Å². The van der Waals surface area contributed by atoms with E-state index in [1.807, 2.05) is 0 Å². The molecular weight excluding hydrogens is 468 g/mol. The number of nitrogens with zero attached hydrogens (tertiary/aromatic N) is 1. The summed E-state index contributed by atoms with van der Waals surface area (Å²) in [6, 6.07) is 11.5. The Morgan fingerprint density at radius 3 is 2.35 bits per heavy atom. The van der Waals surface area contributed by atoms with Crippen LogP contribution in [0.15, 0.2) is 58.4 Å². The molecule has 3 N–H and O–H groups in total. The van der Waals surface area contributed by atoms with Gasteiger partial charge in [0.05, 0.1) is 18.5 Å². The predicted octanol–water partition coefficient (Wildman–Crippen LogP) is 1.91. The third kappa shape index (κ3) is 8.18. The van der Waals surface area contributed by atoms with Crippen LogP contribution in [0.2, 0.25) is 0 Å². The van der Waals surface area contributed by atoms with Crippen molar-refractivity contribution < 1.29 is 36.5 Å². The van der Waals surface area contributed by atoms with Crippen molar-refractivity contribution in [1.82, 2.24) is 10.6 Å². The van der Waals surface area contributed by atoms with Gasteiger partial charge in [-0.05, 0) is 37.3 Å². The second-order valence-corrected chi connectivity index (χ2v) is 8.02. The number of hydrogen-bond donors (Lipinski definition) is 3. The van der Waals surface area contributed by atoms with Crippen molar-refractivity contribution in [2.75, 3.05) is 25.6 Å². The fourth-order valence-electron chi connectivity index (χ4n) is 2.43. The number of ether oxygens (including phenoxy) is 2. The molecule has 0 aliphatic rings. The zero-order chi connectivity index (χ0) is 25.1. The molecule has 0 aromatic heterocycles. The molecule has 13 heteroatoms. The van der Waals surface area contributed by atoms with Crippen molar-refractivity contribution in [3.05, 3.63) is 48.5 Å². The van der Waals surface area contributed by atoms with E-state index >= 15 is 0 Å². The van der Waals surface area contributed by atoms with E-state index in [1.54, 1.807) is 25.1 Å². The maximum absolute atomic E-state index is 12.7. The Kier molecular flexibility index (Phi) is 9.52. The van der Waals surface area contributed by atoms with Gasteiger partial charge in [0.1, 0.15) is 17.3 Å². The van der Waals surface area contributed by atoms with Gasteiger partial charge in [-0.3, -0.25) is 20.2 Å². The van der Waals surface area contributed by atoms with E-state index in [0.717, 1.165) is 13.2 Å². The van der Waals surface area contributed by atoms with Crippen molar-refractivity contribution in [3.63, 3.8) is 0 Å². The SMILES string of the molecule is CCOCC(=O)NC(=Nc1ccc(S(=O)(=O)Oc2ccccc2)cc1NC(C)=O)NC(=O)OC. The third-order valence-corrected chi connectivity index (χ3v) is 5.09. The molecule has 0 spiro atoms. The molecule has 0 saturated carbocycles. The molecule has 0 bridgehead atoms. The normalized spacial score (nSPS) is 11.3. The third-order valence-electron chi connectivity index (χ3n) is 3.85. The summed E-state index contributed by atoms with van der Waals surface area (Å²) in [7, 11) is -3.13. The molecule has 0 saturated heterocycles. The van der Waals surface area contributed by atoms with Crippen molar-refractivity contribution in [2.24, 2.45) is 4.99 Å². The molecule has 2 aromatic rings. The second-order valence-electron chi connectivity index (χ2n) is 6.47. The van der Waals surface area contributed by atoms with Gasteiger partial charge in [-0.2, -0.15) is 8.42 Å². The summed E-state index contributed by atoms with van der Waals surface area (Å²) in [5.74, 6) is -1.36.